The predicted octanol–water partition coefficient (Wildman–Crippen LogP) is 1.84. The number of ether oxygens (including phenoxy) is 2. The van der Waals surface area contributed by atoms with Gasteiger partial charge in [0.2, 0.25) is 0 Å². The lowest BCUT2D eigenvalue weighted by molar-refractivity contribution is -0.187. The Morgan fingerprint density at radius 3 is 3.07 bits per heavy atom. The van der Waals surface area contributed by atoms with Crippen LogP contribution >= 0.6 is 0 Å². The fraction of sp³-hybridized carbons (Fsp3) is 0.778. The standard InChI is InChI=1S/C9H13N3O2/c1-3-6-13-9-5-4-8(11-12-10)7(2)14-9/h1,7-9H,4-6H2,2H3. The van der Waals surface area contributed by atoms with Gasteiger partial charge in [0.15, 0.2) is 6.29 Å². The van der Waals surface area contributed by atoms with Crippen LogP contribution in [0.3, 0.4) is 0 Å². The molecule has 3 unspecified atom stereocenters. The summed E-state index contributed by atoms with van der Waals surface area (Å²) >= 11 is 0. The average Bonchev–Trinajstić information content (AvgIpc) is 2.19. The number of nitrogens with zero attached hydrogens (tertiary/aromatic N) is 3. The van der Waals surface area contributed by atoms with Crippen molar-refractivity contribution >= 4 is 0 Å². The molecule has 14 heavy (non-hydrogen) atoms. The normalized spacial score (nSPS) is 31.6. The highest BCUT2D eigenvalue weighted by molar-refractivity contribution is 4.84. The molecular formula is C9H13N3O2. The number of terminal acetylenes is 1. The van der Waals surface area contributed by atoms with Gasteiger partial charge in [-0.2, -0.15) is 0 Å². The van der Waals surface area contributed by atoms with Crippen LogP contribution in [0.25, 0.3) is 10.4 Å². The molecule has 0 amide bonds. The molecule has 0 saturated carbocycles. The van der Waals surface area contributed by atoms with Gasteiger partial charge < -0.3 is 9.47 Å². The van der Waals surface area contributed by atoms with Crippen molar-refractivity contribution in [2.75, 3.05) is 6.61 Å². The Morgan fingerprint density at radius 2 is 2.50 bits per heavy atom. The molecule has 0 bridgehead atoms. The van der Waals surface area contributed by atoms with Gasteiger partial charge in [-0.05, 0) is 25.3 Å². The summed E-state index contributed by atoms with van der Waals surface area (Å²) in [6.07, 6.45) is 6.19. The molecule has 5 nitrogen and oxygen atoms in total. The molecule has 76 valence electrons. The second-order valence-corrected chi connectivity index (χ2v) is 3.14. The molecule has 0 aromatic rings. The largest absolute Gasteiger partial charge is 0.349 e. The van der Waals surface area contributed by atoms with Gasteiger partial charge in [0.25, 0.3) is 0 Å². The minimum absolute atomic E-state index is 0.0920. The van der Waals surface area contributed by atoms with Crippen LogP contribution in [0.1, 0.15) is 19.8 Å². The Hall–Kier alpha value is -1.21. The number of azide groups is 1. The molecule has 0 radical (unpaired) electrons. The molecule has 3 atom stereocenters. The van der Waals surface area contributed by atoms with E-state index in [0.29, 0.717) is 0 Å². The molecule has 1 aliphatic rings. The lowest BCUT2D eigenvalue weighted by atomic mass is 10.0. The predicted molar refractivity (Wildman–Crippen MR) is 51.3 cm³/mol. The number of hydrogen-bond acceptors (Lipinski definition) is 3. The highest BCUT2D eigenvalue weighted by Crippen LogP contribution is 2.22. The maximum absolute atomic E-state index is 8.29. The van der Waals surface area contributed by atoms with E-state index in [9.17, 15) is 0 Å². The molecule has 0 aromatic carbocycles. The lowest BCUT2D eigenvalue weighted by Crippen LogP contribution is -2.36. The zero-order valence-corrected chi connectivity index (χ0v) is 8.09. The van der Waals surface area contributed by atoms with Crippen LogP contribution < -0.4 is 0 Å². The Bertz CT molecular complexity index is 268. The van der Waals surface area contributed by atoms with E-state index in [2.05, 4.69) is 15.9 Å². The van der Waals surface area contributed by atoms with Crippen LogP contribution in [0.5, 0.6) is 0 Å². The summed E-state index contributed by atoms with van der Waals surface area (Å²) in [6, 6.07) is -0.0920. The van der Waals surface area contributed by atoms with Crippen LogP contribution in [-0.4, -0.2) is 25.0 Å². The summed E-state index contributed by atoms with van der Waals surface area (Å²) in [4.78, 5) is 2.77. The molecule has 1 fully saturated rings. The van der Waals surface area contributed by atoms with Crippen molar-refractivity contribution in [3.8, 4) is 12.3 Å². The molecule has 1 rings (SSSR count). The third-order valence-corrected chi connectivity index (χ3v) is 2.16. The molecule has 0 spiro atoms. The molecule has 0 aliphatic carbocycles. The van der Waals surface area contributed by atoms with Gasteiger partial charge in [0, 0.05) is 4.91 Å². The van der Waals surface area contributed by atoms with E-state index < -0.39 is 0 Å². The number of rotatable bonds is 3. The van der Waals surface area contributed by atoms with Crippen LogP contribution in [-0.2, 0) is 9.47 Å². The van der Waals surface area contributed by atoms with E-state index in [4.69, 9.17) is 21.4 Å². The maximum Gasteiger partial charge on any atom is 0.159 e. The summed E-state index contributed by atoms with van der Waals surface area (Å²) in [5.74, 6) is 2.38. The fourth-order valence-electron chi connectivity index (χ4n) is 1.42. The van der Waals surface area contributed by atoms with Crippen molar-refractivity contribution < 1.29 is 9.47 Å². The number of hydrogen-bond donors (Lipinski definition) is 0. The topological polar surface area (TPSA) is 67.2 Å². The second kappa shape index (κ2) is 5.51. The van der Waals surface area contributed by atoms with Crippen LogP contribution in [0, 0.1) is 12.3 Å². The fourth-order valence-corrected chi connectivity index (χ4v) is 1.42. The molecule has 5 heteroatoms. The van der Waals surface area contributed by atoms with Crippen molar-refractivity contribution in [1.29, 1.82) is 0 Å². The van der Waals surface area contributed by atoms with E-state index in [1.807, 2.05) is 6.92 Å². The Morgan fingerprint density at radius 1 is 1.71 bits per heavy atom. The summed E-state index contributed by atoms with van der Waals surface area (Å²) in [5.41, 5.74) is 8.29. The van der Waals surface area contributed by atoms with Crippen molar-refractivity contribution in [2.24, 2.45) is 5.11 Å². The van der Waals surface area contributed by atoms with E-state index in [1.165, 1.54) is 0 Å². The smallest absolute Gasteiger partial charge is 0.159 e. The highest BCUT2D eigenvalue weighted by atomic mass is 16.7. The Labute approximate surface area is 83.0 Å². The van der Waals surface area contributed by atoms with Crippen LogP contribution in [0.15, 0.2) is 5.11 Å². The van der Waals surface area contributed by atoms with Gasteiger partial charge in [-0.1, -0.05) is 11.0 Å². The minimum Gasteiger partial charge on any atom is -0.349 e. The minimum atomic E-state index is -0.258. The summed E-state index contributed by atoms with van der Waals surface area (Å²) in [6.45, 7) is 2.12. The van der Waals surface area contributed by atoms with E-state index in [-0.39, 0.29) is 25.0 Å². The maximum atomic E-state index is 8.29. The van der Waals surface area contributed by atoms with Gasteiger partial charge in [-0.3, -0.25) is 0 Å². The third kappa shape index (κ3) is 2.93. The summed E-state index contributed by atoms with van der Waals surface area (Å²) in [7, 11) is 0. The third-order valence-electron chi connectivity index (χ3n) is 2.16. The van der Waals surface area contributed by atoms with Crippen molar-refractivity contribution in [3.63, 3.8) is 0 Å². The SMILES string of the molecule is C#CCOC1CCC(N=[N+]=[N-])C(C)O1. The van der Waals surface area contributed by atoms with Crippen molar-refractivity contribution in [3.05, 3.63) is 10.4 Å². The van der Waals surface area contributed by atoms with Gasteiger partial charge in [-0.15, -0.1) is 6.42 Å². The zero-order valence-electron chi connectivity index (χ0n) is 8.09. The Balaban J connectivity index is 2.39. The summed E-state index contributed by atoms with van der Waals surface area (Å²) < 4.78 is 10.7. The Kier molecular flexibility index (Phi) is 4.27. The molecule has 1 heterocycles. The van der Waals surface area contributed by atoms with E-state index in [1.54, 1.807) is 0 Å². The van der Waals surface area contributed by atoms with E-state index >= 15 is 0 Å². The summed E-state index contributed by atoms with van der Waals surface area (Å²) in [5, 5.41) is 3.64. The first-order valence-corrected chi connectivity index (χ1v) is 4.52. The first kappa shape index (κ1) is 10.9. The van der Waals surface area contributed by atoms with Gasteiger partial charge in [0.1, 0.15) is 6.61 Å². The molecule has 1 saturated heterocycles. The molecule has 1 aliphatic heterocycles. The van der Waals surface area contributed by atoms with Crippen molar-refractivity contribution in [2.45, 2.75) is 38.2 Å². The van der Waals surface area contributed by atoms with Crippen LogP contribution in [0.4, 0.5) is 0 Å². The monoisotopic (exact) mass is 195 g/mol. The molecule has 0 aromatic heterocycles. The lowest BCUT2D eigenvalue weighted by Gasteiger charge is -2.31. The average molecular weight is 195 g/mol. The quantitative estimate of drug-likeness (QED) is 0.298. The van der Waals surface area contributed by atoms with Crippen LogP contribution in [0.2, 0.25) is 0 Å². The van der Waals surface area contributed by atoms with E-state index in [0.717, 1.165) is 12.8 Å². The molecular weight excluding hydrogens is 182 g/mol. The zero-order chi connectivity index (χ0) is 10.4. The second-order valence-electron chi connectivity index (χ2n) is 3.14. The van der Waals surface area contributed by atoms with Crippen molar-refractivity contribution in [1.82, 2.24) is 0 Å². The van der Waals surface area contributed by atoms with Gasteiger partial charge in [-0.25, -0.2) is 0 Å². The highest BCUT2D eigenvalue weighted by Gasteiger charge is 2.27. The first-order chi connectivity index (χ1) is 6.77. The first-order valence-electron chi connectivity index (χ1n) is 4.52. The van der Waals surface area contributed by atoms with Gasteiger partial charge in [0.05, 0.1) is 12.1 Å². The molecule has 0 N–H and O–H groups in total. The van der Waals surface area contributed by atoms with Gasteiger partial charge >= 0.3 is 0 Å².